The number of carbonyl (C=O) groups excluding carboxylic acids is 1. The number of nitrogens with one attached hydrogen (secondary N) is 2. The molecule has 1 aromatic carbocycles. The second kappa shape index (κ2) is 6.16. The summed E-state index contributed by atoms with van der Waals surface area (Å²) in [5.41, 5.74) is 1.99. The van der Waals surface area contributed by atoms with Gasteiger partial charge in [-0.05, 0) is 13.0 Å². The van der Waals surface area contributed by atoms with E-state index in [2.05, 4.69) is 10.3 Å². The van der Waals surface area contributed by atoms with Crippen LogP contribution in [0.4, 0.5) is 5.69 Å². The molecular weight excluding hydrogens is 256 g/mol. The average Bonchev–Trinajstić information content (AvgIpc) is 2.41. The number of hydrogen-bond donors (Lipinski definition) is 2. The zero-order chi connectivity index (χ0) is 14.5. The first kappa shape index (κ1) is 14.0. The molecule has 20 heavy (non-hydrogen) atoms. The molecule has 0 saturated heterocycles. The number of anilines is 1. The fourth-order valence-electron chi connectivity index (χ4n) is 1.86. The third-order valence-corrected chi connectivity index (χ3v) is 2.87. The van der Waals surface area contributed by atoms with Crippen LogP contribution >= 0.6 is 0 Å². The highest BCUT2D eigenvalue weighted by Gasteiger charge is 2.12. The fourth-order valence-corrected chi connectivity index (χ4v) is 1.86. The van der Waals surface area contributed by atoms with Gasteiger partial charge in [-0.25, -0.2) is 0 Å². The molecule has 5 nitrogen and oxygen atoms in total. The standard InChI is InChI=1S/C15H16N2O3/c1-10-7-14(18)12(8-16-10)15(19)17-13-6-4-3-5-11(13)9-20-2/h3-8H,9H2,1-2H3,(H,16,18)(H,17,19). The number of carbonyl (C=O) groups is 1. The van der Waals surface area contributed by atoms with Crippen LogP contribution < -0.4 is 10.7 Å². The molecular formula is C15H16N2O3. The van der Waals surface area contributed by atoms with Gasteiger partial charge in [0.15, 0.2) is 5.43 Å². The van der Waals surface area contributed by atoms with Gasteiger partial charge >= 0.3 is 0 Å². The number of aryl methyl sites for hydroxylation is 1. The van der Waals surface area contributed by atoms with Crippen molar-refractivity contribution in [3.05, 3.63) is 63.6 Å². The van der Waals surface area contributed by atoms with Crippen LogP contribution in [0.25, 0.3) is 0 Å². The van der Waals surface area contributed by atoms with Gasteiger partial charge < -0.3 is 15.0 Å². The third-order valence-electron chi connectivity index (χ3n) is 2.87. The molecule has 0 fully saturated rings. The molecule has 0 spiro atoms. The predicted molar refractivity (Wildman–Crippen MR) is 76.9 cm³/mol. The van der Waals surface area contributed by atoms with Crippen LogP contribution in [0.5, 0.6) is 0 Å². The molecule has 2 N–H and O–H groups in total. The minimum Gasteiger partial charge on any atom is -0.380 e. The van der Waals surface area contributed by atoms with E-state index in [0.29, 0.717) is 18.0 Å². The lowest BCUT2D eigenvalue weighted by Gasteiger charge is -2.10. The van der Waals surface area contributed by atoms with Gasteiger partial charge in [0.1, 0.15) is 5.56 Å². The summed E-state index contributed by atoms with van der Waals surface area (Å²) in [7, 11) is 1.59. The SMILES string of the molecule is COCc1ccccc1NC(=O)c1c[nH]c(C)cc1=O. The van der Waals surface area contributed by atoms with Gasteiger partial charge in [0.25, 0.3) is 5.91 Å². The Hall–Kier alpha value is -2.40. The van der Waals surface area contributed by atoms with E-state index in [1.165, 1.54) is 12.3 Å². The number of rotatable bonds is 4. The minimum absolute atomic E-state index is 0.0859. The Morgan fingerprint density at radius 3 is 2.80 bits per heavy atom. The monoisotopic (exact) mass is 272 g/mol. The van der Waals surface area contributed by atoms with Crippen molar-refractivity contribution in [3.63, 3.8) is 0 Å². The van der Waals surface area contributed by atoms with Gasteiger partial charge in [-0.1, -0.05) is 18.2 Å². The molecule has 0 aliphatic rings. The van der Waals surface area contributed by atoms with E-state index in [-0.39, 0.29) is 11.0 Å². The molecule has 1 aromatic heterocycles. The highest BCUT2D eigenvalue weighted by molar-refractivity contribution is 6.04. The number of amides is 1. The smallest absolute Gasteiger partial charge is 0.261 e. The zero-order valence-electron chi connectivity index (χ0n) is 11.4. The lowest BCUT2D eigenvalue weighted by Crippen LogP contribution is -2.22. The van der Waals surface area contributed by atoms with E-state index in [9.17, 15) is 9.59 Å². The number of aromatic nitrogens is 1. The number of pyridine rings is 1. The number of hydrogen-bond acceptors (Lipinski definition) is 3. The van der Waals surface area contributed by atoms with Crippen molar-refractivity contribution in [2.45, 2.75) is 13.5 Å². The Morgan fingerprint density at radius 2 is 2.10 bits per heavy atom. The minimum atomic E-state index is -0.435. The van der Waals surface area contributed by atoms with Gasteiger partial charge in [-0.3, -0.25) is 9.59 Å². The largest absolute Gasteiger partial charge is 0.380 e. The second-order valence-corrected chi connectivity index (χ2v) is 4.44. The summed E-state index contributed by atoms with van der Waals surface area (Å²) >= 11 is 0. The number of methoxy groups -OCH3 is 1. The van der Waals surface area contributed by atoms with E-state index in [0.717, 1.165) is 5.56 Å². The third kappa shape index (κ3) is 3.13. The maximum Gasteiger partial charge on any atom is 0.261 e. The zero-order valence-corrected chi connectivity index (χ0v) is 11.4. The van der Waals surface area contributed by atoms with Gasteiger partial charge in [-0.2, -0.15) is 0 Å². The normalized spacial score (nSPS) is 10.3. The molecule has 0 atom stereocenters. The molecule has 0 saturated carbocycles. The Bertz CT molecular complexity index is 677. The lowest BCUT2D eigenvalue weighted by molar-refractivity contribution is 0.102. The molecule has 2 rings (SSSR count). The van der Waals surface area contributed by atoms with Crippen molar-refractivity contribution < 1.29 is 9.53 Å². The summed E-state index contributed by atoms with van der Waals surface area (Å²) < 4.78 is 5.08. The molecule has 0 unspecified atom stereocenters. The maximum absolute atomic E-state index is 12.1. The van der Waals surface area contributed by atoms with Crippen LogP contribution in [0.1, 0.15) is 21.6 Å². The summed E-state index contributed by atoms with van der Waals surface area (Å²) in [6.07, 6.45) is 1.42. The molecule has 0 bridgehead atoms. The van der Waals surface area contributed by atoms with Crippen molar-refractivity contribution in [1.29, 1.82) is 0 Å². The molecule has 1 heterocycles. The summed E-state index contributed by atoms with van der Waals surface area (Å²) in [5.74, 6) is -0.435. The molecule has 0 radical (unpaired) electrons. The quantitative estimate of drug-likeness (QED) is 0.895. The molecule has 104 valence electrons. The first-order chi connectivity index (χ1) is 9.61. The first-order valence-corrected chi connectivity index (χ1v) is 6.19. The van der Waals surface area contributed by atoms with Crippen LogP contribution in [0.2, 0.25) is 0 Å². The Labute approximate surface area is 116 Å². The van der Waals surface area contributed by atoms with Crippen LogP contribution in [0.15, 0.2) is 41.3 Å². The van der Waals surface area contributed by atoms with Crippen molar-refractivity contribution in [1.82, 2.24) is 4.98 Å². The number of aromatic amines is 1. The van der Waals surface area contributed by atoms with E-state index < -0.39 is 5.91 Å². The van der Waals surface area contributed by atoms with Crippen LogP contribution in [-0.2, 0) is 11.3 Å². The molecule has 0 aliphatic carbocycles. The van der Waals surface area contributed by atoms with Crippen molar-refractivity contribution >= 4 is 11.6 Å². The molecule has 2 aromatic rings. The summed E-state index contributed by atoms with van der Waals surface area (Å²) in [5, 5.41) is 2.73. The lowest BCUT2D eigenvalue weighted by atomic mass is 10.1. The Morgan fingerprint density at radius 1 is 1.35 bits per heavy atom. The number of benzene rings is 1. The van der Waals surface area contributed by atoms with Crippen molar-refractivity contribution in [2.24, 2.45) is 0 Å². The van der Waals surface area contributed by atoms with E-state index in [1.54, 1.807) is 20.1 Å². The summed E-state index contributed by atoms with van der Waals surface area (Å²) in [4.78, 5) is 26.8. The van der Waals surface area contributed by atoms with Crippen LogP contribution in [-0.4, -0.2) is 18.0 Å². The predicted octanol–water partition coefficient (Wildman–Crippen LogP) is 2.08. The van der Waals surface area contributed by atoms with Crippen LogP contribution in [0, 0.1) is 6.92 Å². The van der Waals surface area contributed by atoms with Gasteiger partial charge in [0.05, 0.1) is 6.61 Å². The summed E-state index contributed by atoms with van der Waals surface area (Å²) in [6, 6.07) is 8.71. The van der Waals surface area contributed by atoms with Gasteiger partial charge in [0.2, 0.25) is 0 Å². The first-order valence-electron chi connectivity index (χ1n) is 6.19. The average molecular weight is 272 g/mol. The van der Waals surface area contributed by atoms with E-state index in [4.69, 9.17) is 4.74 Å². The Balaban J connectivity index is 2.26. The molecule has 0 aliphatic heterocycles. The van der Waals surface area contributed by atoms with Crippen molar-refractivity contribution in [3.8, 4) is 0 Å². The van der Waals surface area contributed by atoms with E-state index in [1.807, 2.05) is 18.2 Å². The molecule has 1 amide bonds. The summed E-state index contributed by atoms with van der Waals surface area (Å²) in [6.45, 7) is 2.15. The topological polar surface area (TPSA) is 71.2 Å². The number of para-hydroxylation sites is 1. The molecule has 5 heteroatoms. The highest BCUT2D eigenvalue weighted by Crippen LogP contribution is 2.16. The second-order valence-electron chi connectivity index (χ2n) is 4.44. The van der Waals surface area contributed by atoms with Gasteiger partial charge in [-0.15, -0.1) is 0 Å². The van der Waals surface area contributed by atoms with E-state index >= 15 is 0 Å². The van der Waals surface area contributed by atoms with Gasteiger partial charge in [0, 0.05) is 36.3 Å². The van der Waals surface area contributed by atoms with Crippen molar-refractivity contribution in [2.75, 3.05) is 12.4 Å². The fraction of sp³-hybridized carbons (Fsp3) is 0.200. The number of H-pyrrole nitrogens is 1. The van der Waals surface area contributed by atoms with Crippen LogP contribution in [0.3, 0.4) is 0 Å². The highest BCUT2D eigenvalue weighted by atomic mass is 16.5. The number of ether oxygens (including phenoxy) is 1. The Kier molecular flexibility index (Phi) is 4.32. The maximum atomic E-state index is 12.1.